The summed E-state index contributed by atoms with van der Waals surface area (Å²) in [5.41, 5.74) is 4.88. The number of hydrogen-bond donors (Lipinski definition) is 0. The van der Waals surface area contributed by atoms with Gasteiger partial charge in [-0.25, -0.2) is 0 Å². The molecule has 19 heavy (non-hydrogen) atoms. The standard InChI is InChI=1S/C18H21N/c1-4-17(15(3)16-11-6-5-7-12-16)19-18-13-9-8-10-14(18)2/h5-13,15H,4H2,1-3H3. The first-order valence-corrected chi connectivity index (χ1v) is 6.90. The van der Waals surface area contributed by atoms with Crippen molar-refractivity contribution in [3.8, 4) is 0 Å². The molecule has 0 saturated carbocycles. The molecule has 1 heteroatoms. The number of aliphatic imine (C=N–C) groups is 1. The first-order valence-electron chi connectivity index (χ1n) is 6.90. The first kappa shape index (κ1) is 13.5. The Balaban J connectivity index is 2.33. The smallest absolute Gasteiger partial charge is 0.0658 e. The lowest BCUT2D eigenvalue weighted by Gasteiger charge is -2.14. The van der Waals surface area contributed by atoms with E-state index < -0.39 is 0 Å². The van der Waals surface area contributed by atoms with Crippen molar-refractivity contribution in [2.45, 2.75) is 33.1 Å². The highest BCUT2D eigenvalue weighted by Gasteiger charge is 2.11. The minimum atomic E-state index is 0.366. The quantitative estimate of drug-likeness (QED) is 0.655. The Kier molecular flexibility index (Phi) is 4.51. The van der Waals surface area contributed by atoms with Crippen LogP contribution in [0.5, 0.6) is 0 Å². The van der Waals surface area contributed by atoms with Crippen molar-refractivity contribution < 1.29 is 0 Å². The van der Waals surface area contributed by atoms with Crippen molar-refractivity contribution in [2.24, 2.45) is 4.99 Å². The molecule has 2 aromatic carbocycles. The van der Waals surface area contributed by atoms with E-state index in [-0.39, 0.29) is 0 Å². The predicted molar refractivity (Wildman–Crippen MR) is 83.4 cm³/mol. The van der Waals surface area contributed by atoms with Gasteiger partial charge in [-0.15, -0.1) is 0 Å². The summed E-state index contributed by atoms with van der Waals surface area (Å²) >= 11 is 0. The highest BCUT2D eigenvalue weighted by atomic mass is 14.8. The predicted octanol–water partition coefficient (Wildman–Crippen LogP) is 5.28. The van der Waals surface area contributed by atoms with Crippen LogP contribution in [0.1, 0.15) is 37.3 Å². The van der Waals surface area contributed by atoms with Crippen molar-refractivity contribution in [1.82, 2.24) is 0 Å². The Morgan fingerprint density at radius 3 is 2.26 bits per heavy atom. The van der Waals surface area contributed by atoms with Gasteiger partial charge in [0.25, 0.3) is 0 Å². The fourth-order valence-corrected chi connectivity index (χ4v) is 2.26. The summed E-state index contributed by atoms with van der Waals surface area (Å²) in [5, 5.41) is 0. The van der Waals surface area contributed by atoms with Gasteiger partial charge in [-0.1, -0.05) is 62.4 Å². The molecule has 0 aliphatic carbocycles. The van der Waals surface area contributed by atoms with E-state index in [0.29, 0.717) is 5.92 Å². The monoisotopic (exact) mass is 251 g/mol. The van der Waals surface area contributed by atoms with Crippen LogP contribution in [0.25, 0.3) is 0 Å². The highest BCUT2D eigenvalue weighted by molar-refractivity contribution is 5.92. The summed E-state index contributed by atoms with van der Waals surface area (Å²) in [6, 6.07) is 18.9. The van der Waals surface area contributed by atoms with E-state index in [4.69, 9.17) is 4.99 Å². The topological polar surface area (TPSA) is 12.4 Å². The zero-order valence-electron chi connectivity index (χ0n) is 11.9. The number of nitrogens with zero attached hydrogens (tertiary/aromatic N) is 1. The van der Waals surface area contributed by atoms with E-state index in [1.807, 2.05) is 6.07 Å². The molecule has 0 radical (unpaired) electrons. The molecule has 0 heterocycles. The third kappa shape index (κ3) is 3.31. The number of benzene rings is 2. The molecule has 98 valence electrons. The van der Waals surface area contributed by atoms with Crippen LogP contribution >= 0.6 is 0 Å². The van der Waals surface area contributed by atoms with Gasteiger partial charge in [-0.05, 0) is 30.5 Å². The van der Waals surface area contributed by atoms with Gasteiger partial charge < -0.3 is 0 Å². The summed E-state index contributed by atoms with van der Waals surface area (Å²) in [4.78, 5) is 4.87. The molecule has 0 aliphatic heterocycles. The number of aryl methyl sites for hydroxylation is 1. The summed E-state index contributed by atoms with van der Waals surface area (Å²) in [5.74, 6) is 0.366. The maximum Gasteiger partial charge on any atom is 0.0658 e. The number of para-hydroxylation sites is 1. The van der Waals surface area contributed by atoms with E-state index >= 15 is 0 Å². The maximum absolute atomic E-state index is 4.87. The first-order chi connectivity index (χ1) is 9.22. The molecular formula is C18H21N. The Bertz CT molecular complexity index is 555. The SMILES string of the molecule is CCC(=Nc1ccccc1C)C(C)c1ccccc1. The van der Waals surface area contributed by atoms with Gasteiger partial charge in [-0.3, -0.25) is 4.99 Å². The zero-order chi connectivity index (χ0) is 13.7. The Morgan fingerprint density at radius 2 is 1.63 bits per heavy atom. The van der Waals surface area contributed by atoms with E-state index in [9.17, 15) is 0 Å². The van der Waals surface area contributed by atoms with Gasteiger partial charge in [0.15, 0.2) is 0 Å². The second-order valence-corrected chi connectivity index (χ2v) is 4.88. The van der Waals surface area contributed by atoms with Crippen molar-refractivity contribution in [3.63, 3.8) is 0 Å². The van der Waals surface area contributed by atoms with Gasteiger partial charge in [0.1, 0.15) is 0 Å². The molecular weight excluding hydrogens is 230 g/mol. The van der Waals surface area contributed by atoms with E-state index in [1.165, 1.54) is 16.8 Å². The Hall–Kier alpha value is -1.89. The molecule has 0 amide bonds. The second kappa shape index (κ2) is 6.33. The van der Waals surface area contributed by atoms with Gasteiger partial charge in [0.05, 0.1) is 5.69 Å². The fourth-order valence-electron chi connectivity index (χ4n) is 2.26. The molecule has 0 aromatic heterocycles. The van der Waals surface area contributed by atoms with Crippen LogP contribution < -0.4 is 0 Å². The average Bonchev–Trinajstić information content (AvgIpc) is 2.47. The molecule has 1 nitrogen and oxygen atoms in total. The lowest BCUT2D eigenvalue weighted by Crippen LogP contribution is -2.08. The van der Waals surface area contributed by atoms with Crippen LogP contribution in [-0.4, -0.2) is 5.71 Å². The zero-order valence-corrected chi connectivity index (χ0v) is 11.9. The lowest BCUT2D eigenvalue weighted by atomic mass is 9.94. The van der Waals surface area contributed by atoms with Crippen LogP contribution in [0.2, 0.25) is 0 Å². The molecule has 1 unspecified atom stereocenters. The third-order valence-electron chi connectivity index (χ3n) is 3.54. The molecule has 1 atom stereocenters. The molecule has 0 fully saturated rings. The van der Waals surface area contributed by atoms with Gasteiger partial charge in [0.2, 0.25) is 0 Å². The lowest BCUT2D eigenvalue weighted by molar-refractivity contribution is 0.976. The summed E-state index contributed by atoms with van der Waals surface area (Å²) in [6.07, 6.45) is 0.977. The van der Waals surface area contributed by atoms with Crippen LogP contribution in [0.15, 0.2) is 59.6 Å². The maximum atomic E-state index is 4.87. The van der Waals surface area contributed by atoms with Crippen LogP contribution in [0, 0.1) is 6.92 Å². The summed E-state index contributed by atoms with van der Waals surface area (Å²) in [6.45, 7) is 6.52. The minimum absolute atomic E-state index is 0.366. The Morgan fingerprint density at radius 1 is 1.00 bits per heavy atom. The van der Waals surface area contributed by atoms with E-state index in [1.54, 1.807) is 0 Å². The van der Waals surface area contributed by atoms with Crippen LogP contribution in [0.4, 0.5) is 5.69 Å². The number of hydrogen-bond acceptors (Lipinski definition) is 1. The third-order valence-corrected chi connectivity index (χ3v) is 3.54. The van der Waals surface area contributed by atoms with Gasteiger partial charge in [0, 0.05) is 11.6 Å². The molecule has 0 bridgehead atoms. The van der Waals surface area contributed by atoms with E-state index in [2.05, 4.69) is 69.3 Å². The van der Waals surface area contributed by atoms with Gasteiger partial charge >= 0.3 is 0 Å². The summed E-state index contributed by atoms with van der Waals surface area (Å²) in [7, 11) is 0. The summed E-state index contributed by atoms with van der Waals surface area (Å²) < 4.78 is 0. The van der Waals surface area contributed by atoms with Crippen LogP contribution in [0.3, 0.4) is 0 Å². The van der Waals surface area contributed by atoms with Crippen molar-refractivity contribution in [3.05, 3.63) is 65.7 Å². The van der Waals surface area contributed by atoms with Crippen molar-refractivity contribution in [2.75, 3.05) is 0 Å². The second-order valence-electron chi connectivity index (χ2n) is 4.88. The van der Waals surface area contributed by atoms with Crippen molar-refractivity contribution in [1.29, 1.82) is 0 Å². The average molecular weight is 251 g/mol. The Labute approximate surface area is 116 Å². The fraction of sp³-hybridized carbons (Fsp3) is 0.278. The molecule has 0 saturated heterocycles. The molecule has 0 spiro atoms. The van der Waals surface area contributed by atoms with Crippen LogP contribution in [-0.2, 0) is 0 Å². The largest absolute Gasteiger partial charge is 0.257 e. The van der Waals surface area contributed by atoms with E-state index in [0.717, 1.165) is 12.1 Å². The number of rotatable bonds is 4. The van der Waals surface area contributed by atoms with Gasteiger partial charge in [-0.2, -0.15) is 0 Å². The molecule has 0 aliphatic rings. The highest BCUT2D eigenvalue weighted by Crippen LogP contribution is 2.24. The molecule has 2 rings (SSSR count). The molecule has 0 N–H and O–H groups in total. The normalized spacial score (nSPS) is 13.3. The minimum Gasteiger partial charge on any atom is -0.257 e. The molecule has 2 aromatic rings. The van der Waals surface area contributed by atoms with Crippen molar-refractivity contribution >= 4 is 11.4 Å².